The van der Waals surface area contributed by atoms with Crippen LogP contribution in [0.2, 0.25) is 0 Å². The maximum absolute atomic E-state index is 12.5. The Labute approximate surface area is 73.6 Å². The summed E-state index contributed by atoms with van der Waals surface area (Å²) in [6, 6.07) is 5.22. The lowest BCUT2D eigenvalue weighted by atomic mass is 10.1. The first-order valence-corrected chi connectivity index (χ1v) is 3.68. The number of aliphatic imine (C=N–C) groups is 2. The van der Waals surface area contributed by atoms with Crippen LogP contribution in [0.1, 0.15) is 5.56 Å². The quantitative estimate of drug-likeness (QED) is 0.643. The van der Waals surface area contributed by atoms with Gasteiger partial charge in [-0.15, -0.1) is 0 Å². The molecule has 0 bridgehead atoms. The zero-order valence-corrected chi connectivity index (χ0v) is 6.57. The molecule has 0 fully saturated rings. The van der Waals surface area contributed by atoms with Gasteiger partial charge in [0, 0.05) is 5.56 Å². The summed E-state index contributed by atoms with van der Waals surface area (Å²) in [5.74, 6) is -0.314. The Hall–Kier alpha value is -1.84. The van der Waals surface area contributed by atoms with E-state index >= 15 is 0 Å². The highest BCUT2D eigenvalue weighted by Crippen LogP contribution is 2.06. The number of carbonyl (C=O) groups is 1. The molecule has 4 heteroatoms. The molecule has 2 amide bonds. The SMILES string of the molecule is O=C1N=CC(c2ccc(F)cc2)=N1. The van der Waals surface area contributed by atoms with Crippen LogP contribution in [0.15, 0.2) is 34.3 Å². The fourth-order valence-electron chi connectivity index (χ4n) is 1.04. The molecule has 2 rings (SSSR count). The molecule has 0 saturated heterocycles. The smallest absolute Gasteiger partial charge is 0.244 e. The molecule has 0 aliphatic carbocycles. The number of carbonyl (C=O) groups excluding carboxylic acids is 1. The van der Waals surface area contributed by atoms with Crippen LogP contribution in [-0.4, -0.2) is 18.0 Å². The highest BCUT2D eigenvalue weighted by molar-refractivity contribution is 6.43. The Morgan fingerprint density at radius 1 is 1.15 bits per heavy atom. The predicted octanol–water partition coefficient (Wildman–Crippen LogP) is 1.82. The van der Waals surface area contributed by atoms with Gasteiger partial charge in [-0.2, -0.15) is 9.98 Å². The molecule has 0 spiro atoms. The Balaban J connectivity index is 2.37. The van der Waals surface area contributed by atoms with E-state index in [-0.39, 0.29) is 5.82 Å². The summed E-state index contributed by atoms with van der Waals surface area (Å²) in [6.45, 7) is 0. The van der Waals surface area contributed by atoms with Crippen molar-refractivity contribution in [2.24, 2.45) is 9.98 Å². The van der Waals surface area contributed by atoms with Crippen molar-refractivity contribution >= 4 is 18.0 Å². The predicted molar refractivity (Wildman–Crippen MR) is 46.8 cm³/mol. The maximum Gasteiger partial charge on any atom is 0.367 e. The van der Waals surface area contributed by atoms with Crippen LogP contribution < -0.4 is 0 Å². The molecule has 1 aliphatic heterocycles. The van der Waals surface area contributed by atoms with E-state index in [1.807, 2.05) is 0 Å². The van der Waals surface area contributed by atoms with Gasteiger partial charge in [-0.05, 0) is 24.3 Å². The van der Waals surface area contributed by atoms with Crippen LogP contribution in [-0.2, 0) is 0 Å². The van der Waals surface area contributed by atoms with Crippen LogP contribution >= 0.6 is 0 Å². The van der Waals surface area contributed by atoms with E-state index in [2.05, 4.69) is 9.98 Å². The lowest BCUT2D eigenvalue weighted by molar-refractivity contribution is 0.257. The Bertz CT molecular complexity index is 406. The van der Waals surface area contributed by atoms with Gasteiger partial charge in [0.05, 0.1) is 11.9 Å². The van der Waals surface area contributed by atoms with Crippen LogP contribution in [0.25, 0.3) is 0 Å². The summed E-state index contributed by atoms with van der Waals surface area (Å²) in [5.41, 5.74) is 1.17. The average Bonchev–Trinajstić information content (AvgIpc) is 2.53. The Morgan fingerprint density at radius 3 is 2.38 bits per heavy atom. The number of rotatable bonds is 1. The number of hydrogen-bond donors (Lipinski definition) is 0. The lowest BCUT2D eigenvalue weighted by Crippen LogP contribution is -1.98. The van der Waals surface area contributed by atoms with Crippen molar-refractivity contribution in [3.8, 4) is 0 Å². The van der Waals surface area contributed by atoms with Gasteiger partial charge in [0.15, 0.2) is 0 Å². The fourth-order valence-corrected chi connectivity index (χ4v) is 1.04. The van der Waals surface area contributed by atoms with Crippen molar-refractivity contribution in [1.29, 1.82) is 0 Å². The molecule has 1 aliphatic rings. The first-order valence-electron chi connectivity index (χ1n) is 3.68. The molecule has 1 aromatic carbocycles. The number of amides is 2. The van der Waals surface area contributed by atoms with E-state index in [0.29, 0.717) is 11.3 Å². The average molecular weight is 176 g/mol. The molecule has 0 unspecified atom stereocenters. The summed E-state index contributed by atoms with van der Waals surface area (Å²) in [6.07, 6.45) is 1.37. The third-order valence-corrected chi connectivity index (χ3v) is 1.65. The van der Waals surface area contributed by atoms with Crippen LogP contribution in [0, 0.1) is 5.82 Å². The van der Waals surface area contributed by atoms with E-state index < -0.39 is 6.03 Å². The lowest BCUT2D eigenvalue weighted by Gasteiger charge is -1.94. The second-order valence-electron chi connectivity index (χ2n) is 2.54. The van der Waals surface area contributed by atoms with Gasteiger partial charge >= 0.3 is 6.03 Å². The number of nitrogens with zero attached hydrogens (tertiary/aromatic N) is 2. The largest absolute Gasteiger partial charge is 0.367 e. The normalized spacial score (nSPS) is 14.8. The van der Waals surface area contributed by atoms with Crippen molar-refractivity contribution < 1.29 is 9.18 Å². The first-order chi connectivity index (χ1) is 6.25. The highest BCUT2D eigenvalue weighted by Gasteiger charge is 2.09. The molecule has 1 aromatic rings. The maximum atomic E-state index is 12.5. The standard InChI is InChI=1S/C9H5FN2O/c10-7-3-1-6(2-4-7)8-5-11-9(13)12-8/h1-5H. The van der Waals surface area contributed by atoms with Crippen molar-refractivity contribution in [3.05, 3.63) is 35.6 Å². The van der Waals surface area contributed by atoms with Crippen molar-refractivity contribution in [2.45, 2.75) is 0 Å². The minimum absolute atomic E-state index is 0.314. The number of hydrogen-bond acceptors (Lipinski definition) is 1. The summed E-state index contributed by atoms with van der Waals surface area (Å²) < 4.78 is 12.5. The second kappa shape index (κ2) is 2.90. The van der Waals surface area contributed by atoms with E-state index in [1.54, 1.807) is 12.1 Å². The Morgan fingerprint density at radius 2 is 1.85 bits per heavy atom. The summed E-state index contributed by atoms with van der Waals surface area (Å²) in [4.78, 5) is 17.7. The second-order valence-corrected chi connectivity index (χ2v) is 2.54. The van der Waals surface area contributed by atoms with Crippen LogP contribution in [0.5, 0.6) is 0 Å². The molecule has 64 valence electrons. The summed E-state index contributed by atoms with van der Waals surface area (Å²) in [5, 5.41) is 0. The van der Waals surface area contributed by atoms with E-state index in [4.69, 9.17) is 0 Å². The zero-order valence-electron chi connectivity index (χ0n) is 6.57. The van der Waals surface area contributed by atoms with E-state index in [0.717, 1.165) is 0 Å². The summed E-state index contributed by atoms with van der Waals surface area (Å²) in [7, 11) is 0. The van der Waals surface area contributed by atoms with Crippen LogP contribution in [0.3, 0.4) is 0 Å². The van der Waals surface area contributed by atoms with E-state index in [9.17, 15) is 9.18 Å². The van der Waals surface area contributed by atoms with Gasteiger partial charge in [0.2, 0.25) is 0 Å². The van der Waals surface area contributed by atoms with Crippen molar-refractivity contribution in [3.63, 3.8) is 0 Å². The molecule has 13 heavy (non-hydrogen) atoms. The third-order valence-electron chi connectivity index (χ3n) is 1.65. The monoisotopic (exact) mass is 176 g/mol. The molecule has 0 saturated carbocycles. The molecular weight excluding hydrogens is 171 g/mol. The topological polar surface area (TPSA) is 41.8 Å². The van der Waals surface area contributed by atoms with Crippen molar-refractivity contribution in [1.82, 2.24) is 0 Å². The zero-order chi connectivity index (χ0) is 9.26. The molecule has 0 radical (unpaired) electrons. The van der Waals surface area contributed by atoms with Gasteiger partial charge in [0.1, 0.15) is 5.82 Å². The number of halogens is 1. The highest BCUT2D eigenvalue weighted by atomic mass is 19.1. The summed E-state index contributed by atoms with van der Waals surface area (Å²) >= 11 is 0. The molecule has 0 aromatic heterocycles. The van der Waals surface area contributed by atoms with Crippen LogP contribution in [0.4, 0.5) is 9.18 Å². The Kier molecular flexibility index (Phi) is 1.73. The van der Waals surface area contributed by atoms with Gasteiger partial charge in [0.25, 0.3) is 0 Å². The van der Waals surface area contributed by atoms with Gasteiger partial charge in [-0.3, -0.25) is 0 Å². The van der Waals surface area contributed by atoms with Crippen molar-refractivity contribution in [2.75, 3.05) is 0 Å². The molecular formula is C9H5FN2O. The third kappa shape index (κ3) is 1.51. The number of benzene rings is 1. The minimum atomic E-state index is -0.515. The van der Waals surface area contributed by atoms with Gasteiger partial charge in [-0.25, -0.2) is 9.18 Å². The fraction of sp³-hybridized carbons (Fsp3) is 0. The molecule has 1 heterocycles. The number of urea groups is 1. The van der Waals surface area contributed by atoms with Gasteiger partial charge in [-0.1, -0.05) is 0 Å². The van der Waals surface area contributed by atoms with Gasteiger partial charge < -0.3 is 0 Å². The van der Waals surface area contributed by atoms with E-state index in [1.165, 1.54) is 18.3 Å². The molecule has 0 atom stereocenters. The molecule has 3 nitrogen and oxygen atoms in total. The first kappa shape index (κ1) is 7.79. The minimum Gasteiger partial charge on any atom is -0.244 e. The molecule has 0 N–H and O–H groups in total.